The molecule has 32 heavy (non-hydrogen) atoms. The zero-order chi connectivity index (χ0) is 22.8. The number of nitrogens with two attached hydrogens (primary N) is 1. The van der Waals surface area contributed by atoms with Crippen LogP contribution in [0.2, 0.25) is 0 Å². The van der Waals surface area contributed by atoms with Crippen LogP contribution >= 0.6 is 0 Å². The maximum absolute atomic E-state index is 13.1. The fourth-order valence-electron chi connectivity index (χ4n) is 4.07. The molecule has 0 spiro atoms. The van der Waals surface area contributed by atoms with E-state index < -0.39 is 5.91 Å². The predicted molar refractivity (Wildman–Crippen MR) is 120 cm³/mol. The van der Waals surface area contributed by atoms with Gasteiger partial charge in [0.05, 0.1) is 5.69 Å². The Kier molecular flexibility index (Phi) is 6.05. The molecule has 2 N–H and O–H groups in total. The molecule has 2 aromatic heterocycles. The van der Waals surface area contributed by atoms with Crippen molar-refractivity contribution in [3.63, 3.8) is 0 Å². The van der Waals surface area contributed by atoms with E-state index in [4.69, 9.17) is 15.2 Å². The zero-order valence-corrected chi connectivity index (χ0v) is 18.4. The van der Waals surface area contributed by atoms with Gasteiger partial charge in [0.2, 0.25) is 5.88 Å². The van der Waals surface area contributed by atoms with Crippen LogP contribution in [0.5, 0.6) is 11.6 Å². The molecule has 1 saturated heterocycles. The minimum absolute atomic E-state index is 0.142. The average molecular weight is 434 g/mol. The number of rotatable bonds is 5. The number of primary amides is 1. The lowest BCUT2D eigenvalue weighted by Gasteiger charge is -2.25. The molecule has 1 fully saturated rings. The molecule has 0 radical (unpaired) electrons. The number of amides is 1. The SMILES string of the molecule is Cc1cc(Oc2ncccc2C(N)=O)ccc1-c1c(C)nn(C2CCCCO2)c(=O)c1C. The molecule has 1 aromatic carbocycles. The average Bonchev–Trinajstić information content (AvgIpc) is 2.78. The van der Waals surface area contributed by atoms with Crippen molar-refractivity contribution >= 4 is 5.91 Å². The highest BCUT2D eigenvalue weighted by atomic mass is 16.5. The molecule has 0 aliphatic carbocycles. The van der Waals surface area contributed by atoms with Crippen LogP contribution in [0.15, 0.2) is 41.3 Å². The summed E-state index contributed by atoms with van der Waals surface area (Å²) in [7, 11) is 0. The third kappa shape index (κ3) is 4.13. The summed E-state index contributed by atoms with van der Waals surface area (Å²) in [6.45, 7) is 6.30. The number of aromatic nitrogens is 3. The summed E-state index contributed by atoms with van der Waals surface area (Å²) in [5.41, 5.74) is 9.46. The number of aryl methyl sites for hydroxylation is 2. The topological polar surface area (TPSA) is 109 Å². The predicted octanol–water partition coefficient (Wildman–Crippen LogP) is 3.82. The van der Waals surface area contributed by atoms with Crippen molar-refractivity contribution in [2.75, 3.05) is 6.61 Å². The maximum Gasteiger partial charge on any atom is 0.272 e. The van der Waals surface area contributed by atoms with E-state index in [2.05, 4.69) is 10.1 Å². The van der Waals surface area contributed by atoms with E-state index in [9.17, 15) is 9.59 Å². The third-order valence-corrected chi connectivity index (χ3v) is 5.67. The molecule has 1 unspecified atom stereocenters. The minimum atomic E-state index is -0.610. The normalized spacial score (nSPS) is 16.0. The Hall–Kier alpha value is -3.52. The molecule has 1 atom stereocenters. The minimum Gasteiger partial charge on any atom is -0.438 e. The van der Waals surface area contributed by atoms with Crippen LogP contribution in [0.25, 0.3) is 11.1 Å². The number of pyridine rings is 1. The summed E-state index contributed by atoms with van der Waals surface area (Å²) < 4.78 is 13.1. The Balaban J connectivity index is 1.69. The van der Waals surface area contributed by atoms with Crippen LogP contribution in [0.4, 0.5) is 0 Å². The van der Waals surface area contributed by atoms with E-state index >= 15 is 0 Å². The Bertz CT molecular complexity index is 1230. The number of nitrogens with zero attached hydrogens (tertiary/aromatic N) is 3. The highest BCUT2D eigenvalue weighted by Gasteiger charge is 2.22. The zero-order valence-electron chi connectivity index (χ0n) is 18.4. The Labute approximate surface area is 186 Å². The maximum atomic E-state index is 13.1. The molecule has 1 amide bonds. The fraction of sp³-hybridized carbons (Fsp3) is 0.333. The van der Waals surface area contributed by atoms with E-state index in [0.29, 0.717) is 17.9 Å². The molecule has 166 valence electrons. The van der Waals surface area contributed by atoms with Crippen molar-refractivity contribution in [3.8, 4) is 22.8 Å². The lowest BCUT2D eigenvalue weighted by Crippen LogP contribution is -2.33. The van der Waals surface area contributed by atoms with E-state index in [1.54, 1.807) is 18.2 Å². The van der Waals surface area contributed by atoms with Crippen LogP contribution in [0.3, 0.4) is 0 Å². The van der Waals surface area contributed by atoms with Gasteiger partial charge in [-0.1, -0.05) is 6.07 Å². The number of carbonyl (C=O) groups excluding carboxylic acids is 1. The quantitative estimate of drug-likeness (QED) is 0.654. The highest BCUT2D eigenvalue weighted by molar-refractivity contribution is 5.95. The van der Waals surface area contributed by atoms with Crippen molar-refractivity contribution in [1.29, 1.82) is 0 Å². The first-order valence-electron chi connectivity index (χ1n) is 10.6. The number of carbonyl (C=O) groups is 1. The first kappa shape index (κ1) is 21.7. The smallest absolute Gasteiger partial charge is 0.272 e. The third-order valence-electron chi connectivity index (χ3n) is 5.67. The molecule has 0 saturated carbocycles. The monoisotopic (exact) mass is 434 g/mol. The van der Waals surface area contributed by atoms with Gasteiger partial charge in [-0.2, -0.15) is 5.10 Å². The van der Waals surface area contributed by atoms with E-state index in [-0.39, 0.29) is 23.2 Å². The van der Waals surface area contributed by atoms with E-state index in [0.717, 1.165) is 41.6 Å². The van der Waals surface area contributed by atoms with Crippen molar-refractivity contribution in [2.45, 2.75) is 46.3 Å². The van der Waals surface area contributed by atoms with Gasteiger partial charge in [-0.3, -0.25) is 9.59 Å². The highest BCUT2D eigenvalue weighted by Crippen LogP contribution is 2.32. The standard InChI is InChI=1S/C24H26N4O4/c1-14-13-17(32-23-19(22(25)29)7-6-11-26-23)9-10-18(14)21-15(2)24(30)28(27-16(21)3)20-8-4-5-12-31-20/h6-7,9-11,13,20H,4-5,8,12H2,1-3H3,(H2,25,29). The van der Waals surface area contributed by atoms with Gasteiger partial charge >= 0.3 is 0 Å². The summed E-state index contributed by atoms with van der Waals surface area (Å²) in [5.74, 6) is 0.0530. The van der Waals surface area contributed by atoms with Gasteiger partial charge in [-0.15, -0.1) is 0 Å². The summed E-state index contributed by atoms with van der Waals surface area (Å²) in [5, 5.41) is 4.58. The van der Waals surface area contributed by atoms with Crippen LogP contribution in [0.1, 0.15) is 52.7 Å². The van der Waals surface area contributed by atoms with Crippen molar-refractivity contribution in [2.24, 2.45) is 5.73 Å². The number of hydrogen-bond acceptors (Lipinski definition) is 6. The van der Waals surface area contributed by atoms with Crippen LogP contribution < -0.4 is 16.0 Å². The Morgan fingerprint density at radius 3 is 2.72 bits per heavy atom. The van der Waals surface area contributed by atoms with Gasteiger partial charge in [0.25, 0.3) is 11.5 Å². The number of ether oxygens (including phenoxy) is 2. The molecule has 8 heteroatoms. The summed E-state index contributed by atoms with van der Waals surface area (Å²) >= 11 is 0. The second-order valence-electron chi connectivity index (χ2n) is 7.96. The van der Waals surface area contributed by atoms with E-state index in [1.165, 1.54) is 10.9 Å². The van der Waals surface area contributed by atoms with Crippen LogP contribution in [-0.4, -0.2) is 27.3 Å². The van der Waals surface area contributed by atoms with E-state index in [1.807, 2.05) is 32.9 Å². The molecule has 3 aromatic rings. The Morgan fingerprint density at radius 1 is 1.22 bits per heavy atom. The first-order chi connectivity index (χ1) is 15.4. The van der Waals surface area contributed by atoms with Crippen molar-refractivity contribution < 1.29 is 14.3 Å². The van der Waals surface area contributed by atoms with Gasteiger partial charge in [0.1, 0.15) is 11.3 Å². The summed E-state index contributed by atoms with van der Waals surface area (Å²) in [4.78, 5) is 28.8. The molecule has 3 heterocycles. The van der Waals surface area contributed by atoms with Crippen molar-refractivity contribution in [1.82, 2.24) is 14.8 Å². The fourth-order valence-corrected chi connectivity index (χ4v) is 4.07. The summed E-state index contributed by atoms with van der Waals surface area (Å²) in [6.07, 6.45) is 4.04. The largest absolute Gasteiger partial charge is 0.438 e. The molecule has 1 aliphatic heterocycles. The van der Waals surface area contributed by atoms with Crippen LogP contribution in [0, 0.1) is 20.8 Å². The van der Waals surface area contributed by atoms with Gasteiger partial charge < -0.3 is 15.2 Å². The molecule has 1 aliphatic rings. The lowest BCUT2D eigenvalue weighted by molar-refractivity contribution is -0.0428. The first-order valence-corrected chi connectivity index (χ1v) is 10.6. The lowest BCUT2D eigenvalue weighted by atomic mass is 9.96. The number of hydrogen-bond donors (Lipinski definition) is 1. The van der Waals surface area contributed by atoms with Gasteiger partial charge in [-0.05, 0) is 75.4 Å². The molecular formula is C24H26N4O4. The second kappa shape index (κ2) is 8.92. The molecule has 4 rings (SSSR count). The molecular weight excluding hydrogens is 408 g/mol. The van der Waals surface area contributed by atoms with Crippen molar-refractivity contribution in [3.05, 3.63) is 69.3 Å². The molecule has 8 nitrogen and oxygen atoms in total. The molecule has 0 bridgehead atoms. The summed E-state index contributed by atoms with van der Waals surface area (Å²) in [6, 6.07) is 8.69. The second-order valence-corrected chi connectivity index (χ2v) is 7.96. The van der Waals surface area contributed by atoms with Gasteiger partial charge in [-0.25, -0.2) is 9.67 Å². The Morgan fingerprint density at radius 2 is 2.03 bits per heavy atom. The number of benzene rings is 1. The van der Waals surface area contributed by atoms with Gasteiger partial charge in [0, 0.05) is 23.9 Å². The van der Waals surface area contributed by atoms with Crippen LogP contribution in [-0.2, 0) is 4.74 Å². The van der Waals surface area contributed by atoms with Gasteiger partial charge in [0.15, 0.2) is 6.23 Å².